The molecule has 0 radical (unpaired) electrons. The Morgan fingerprint density at radius 3 is 3.25 bits per heavy atom. The molecule has 1 unspecified atom stereocenters. The zero-order valence-corrected chi connectivity index (χ0v) is 6.83. The molecule has 5 heteroatoms. The summed E-state index contributed by atoms with van der Waals surface area (Å²) in [6.45, 7) is 3.41. The third-order valence-corrected chi connectivity index (χ3v) is 1.45. The Morgan fingerprint density at radius 1 is 1.92 bits per heavy atom. The topological polar surface area (TPSA) is 74.8 Å². The van der Waals surface area contributed by atoms with Crippen LogP contribution in [0.5, 0.6) is 0 Å². The lowest BCUT2D eigenvalue weighted by molar-refractivity contribution is 0.678. The minimum absolute atomic E-state index is 0.385. The third-order valence-electron chi connectivity index (χ3n) is 1.45. The Morgan fingerprint density at radius 2 is 2.67 bits per heavy atom. The van der Waals surface area contributed by atoms with E-state index < -0.39 is 0 Å². The second-order valence-electron chi connectivity index (χ2n) is 2.17. The molecule has 1 rings (SSSR count). The highest BCUT2D eigenvalue weighted by molar-refractivity contribution is 5.54. The maximum absolute atomic E-state index is 5.68. The van der Waals surface area contributed by atoms with E-state index in [1.165, 1.54) is 0 Å². The highest BCUT2D eigenvalue weighted by Gasteiger charge is 2.12. The van der Waals surface area contributed by atoms with Gasteiger partial charge < -0.3 is 16.4 Å². The first-order chi connectivity index (χ1) is 5.79. The molecule has 1 aliphatic heterocycles. The summed E-state index contributed by atoms with van der Waals surface area (Å²) in [5.41, 5.74) is 6.26. The highest BCUT2D eigenvalue weighted by atomic mass is 15.1. The number of aliphatic imine (C=N–C) groups is 2. The average molecular weight is 165 g/mol. The van der Waals surface area contributed by atoms with Crippen molar-refractivity contribution in [3.8, 4) is 0 Å². The minimum atomic E-state index is -0.385. The van der Waals surface area contributed by atoms with Crippen molar-refractivity contribution < 1.29 is 0 Å². The van der Waals surface area contributed by atoms with Crippen LogP contribution in [0.4, 0.5) is 0 Å². The van der Waals surface area contributed by atoms with Crippen LogP contribution in [0.3, 0.4) is 0 Å². The normalized spacial score (nSPS) is 21.7. The van der Waals surface area contributed by atoms with Crippen LogP contribution in [0.2, 0.25) is 0 Å². The Kier molecular flexibility index (Phi) is 2.63. The fourth-order valence-corrected chi connectivity index (χ4v) is 0.865. The van der Waals surface area contributed by atoms with Crippen molar-refractivity contribution in [2.45, 2.75) is 6.17 Å². The van der Waals surface area contributed by atoms with E-state index in [4.69, 9.17) is 5.73 Å². The molecular formula is C7H11N5. The van der Waals surface area contributed by atoms with Crippen molar-refractivity contribution in [3.63, 3.8) is 0 Å². The van der Waals surface area contributed by atoms with Crippen molar-refractivity contribution in [1.82, 2.24) is 10.6 Å². The molecule has 0 fully saturated rings. The van der Waals surface area contributed by atoms with Crippen LogP contribution in [0, 0.1) is 0 Å². The molecule has 0 amide bonds. The molecule has 4 N–H and O–H groups in total. The van der Waals surface area contributed by atoms with Crippen LogP contribution < -0.4 is 16.4 Å². The Balaban J connectivity index is 3.09. The van der Waals surface area contributed by atoms with Crippen LogP contribution in [0.25, 0.3) is 0 Å². The summed E-state index contributed by atoms with van der Waals surface area (Å²) in [5, 5.41) is 5.68. The lowest BCUT2D eigenvalue weighted by atomic mass is 10.3. The Labute approximate surface area is 70.8 Å². The predicted molar refractivity (Wildman–Crippen MR) is 48.8 cm³/mol. The summed E-state index contributed by atoms with van der Waals surface area (Å²) >= 11 is 0. The second kappa shape index (κ2) is 3.71. The number of hydrogen-bond donors (Lipinski definition) is 3. The van der Waals surface area contributed by atoms with Crippen LogP contribution >= 0.6 is 0 Å². The van der Waals surface area contributed by atoms with Gasteiger partial charge in [0.05, 0.1) is 6.20 Å². The molecule has 1 aliphatic rings. The first-order valence-corrected chi connectivity index (χ1v) is 3.48. The number of nitrogens with zero attached hydrogens (tertiary/aromatic N) is 2. The fraction of sp³-hybridized carbons (Fsp3) is 0.286. The molecule has 1 atom stereocenters. The number of hydrogen-bond acceptors (Lipinski definition) is 5. The van der Waals surface area contributed by atoms with Crippen LogP contribution in [-0.4, -0.2) is 25.8 Å². The zero-order valence-electron chi connectivity index (χ0n) is 6.83. The monoisotopic (exact) mass is 165 g/mol. The van der Waals surface area contributed by atoms with Gasteiger partial charge >= 0.3 is 0 Å². The van der Waals surface area contributed by atoms with Crippen molar-refractivity contribution >= 4 is 12.6 Å². The Bertz CT molecular complexity index is 272. The van der Waals surface area contributed by atoms with Gasteiger partial charge in [-0.25, -0.2) is 0 Å². The number of rotatable bonds is 2. The molecule has 12 heavy (non-hydrogen) atoms. The molecule has 0 aromatic heterocycles. The van der Waals surface area contributed by atoms with Gasteiger partial charge in [0.15, 0.2) is 5.82 Å². The van der Waals surface area contributed by atoms with Crippen molar-refractivity contribution in [1.29, 1.82) is 0 Å². The SMILES string of the molecule is C=NC1=C(NC)N=C=CNC1N. The van der Waals surface area contributed by atoms with E-state index in [0.29, 0.717) is 11.5 Å². The predicted octanol–water partition coefficient (Wildman–Crippen LogP) is -0.853. The minimum Gasteiger partial charge on any atom is -0.371 e. The van der Waals surface area contributed by atoms with Crippen LogP contribution in [-0.2, 0) is 0 Å². The molecule has 0 bridgehead atoms. The average Bonchev–Trinajstić information content (AvgIpc) is 2.26. The highest BCUT2D eigenvalue weighted by Crippen LogP contribution is 2.06. The van der Waals surface area contributed by atoms with Crippen LogP contribution in [0.1, 0.15) is 0 Å². The van der Waals surface area contributed by atoms with Crippen LogP contribution in [0.15, 0.2) is 27.7 Å². The van der Waals surface area contributed by atoms with Crippen molar-refractivity contribution in [2.24, 2.45) is 15.7 Å². The van der Waals surface area contributed by atoms with Gasteiger partial charge in [-0.2, -0.15) is 4.99 Å². The van der Waals surface area contributed by atoms with Crippen molar-refractivity contribution in [2.75, 3.05) is 7.05 Å². The number of nitrogens with one attached hydrogen (secondary N) is 2. The van der Waals surface area contributed by atoms with Gasteiger partial charge in [-0.1, -0.05) is 0 Å². The smallest absolute Gasteiger partial charge is 0.160 e. The first kappa shape index (κ1) is 8.52. The summed E-state index contributed by atoms with van der Waals surface area (Å²) in [5.74, 6) is 3.23. The molecule has 0 saturated heterocycles. The third kappa shape index (κ3) is 1.53. The van der Waals surface area contributed by atoms with Gasteiger partial charge in [0.1, 0.15) is 11.9 Å². The number of nitrogens with two attached hydrogens (primary N) is 1. The molecule has 1 heterocycles. The van der Waals surface area contributed by atoms with E-state index in [1.54, 1.807) is 13.2 Å². The van der Waals surface area contributed by atoms with E-state index >= 15 is 0 Å². The zero-order chi connectivity index (χ0) is 8.97. The lowest BCUT2D eigenvalue weighted by Gasteiger charge is -2.11. The van der Waals surface area contributed by atoms with Gasteiger partial charge in [0.2, 0.25) is 0 Å². The molecule has 0 saturated carbocycles. The quantitative estimate of drug-likeness (QED) is 0.466. The van der Waals surface area contributed by atoms with Gasteiger partial charge in [0.25, 0.3) is 0 Å². The molecule has 0 aromatic rings. The summed E-state index contributed by atoms with van der Waals surface area (Å²) in [6, 6.07) is 0. The molecule has 0 spiro atoms. The van der Waals surface area contributed by atoms with Gasteiger partial charge in [0, 0.05) is 12.9 Å². The summed E-state index contributed by atoms with van der Waals surface area (Å²) in [7, 11) is 1.74. The summed E-state index contributed by atoms with van der Waals surface area (Å²) in [6.07, 6.45) is 1.16. The van der Waals surface area contributed by atoms with Gasteiger partial charge in [-0.3, -0.25) is 4.99 Å². The van der Waals surface area contributed by atoms with Gasteiger partial charge in [-0.05, 0) is 6.72 Å². The molecule has 5 nitrogen and oxygen atoms in total. The first-order valence-electron chi connectivity index (χ1n) is 3.48. The van der Waals surface area contributed by atoms with E-state index in [0.717, 1.165) is 0 Å². The fourth-order valence-electron chi connectivity index (χ4n) is 0.865. The molecule has 64 valence electrons. The van der Waals surface area contributed by atoms with E-state index in [-0.39, 0.29) is 6.17 Å². The van der Waals surface area contributed by atoms with Crippen molar-refractivity contribution in [3.05, 3.63) is 17.7 Å². The largest absolute Gasteiger partial charge is 0.371 e. The van der Waals surface area contributed by atoms with E-state index in [2.05, 4.69) is 33.2 Å². The lowest BCUT2D eigenvalue weighted by Crippen LogP contribution is -2.36. The van der Waals surface area contributed by atoms with E-state index in [1.807, 2.05) is 0 Å². The summed E-state index contributed by atoms with van der Waals surface area (Å²) < 4.78 is 0. The molecular weight excluding hydrogens is 154 g/mol. The van der Waals surface area contributed by atoms with E-state index in [9.17, 15) is 0 Å². The van der Waals surface area contributed by atoms with Gasteiger partial charge in [-0.15, -0.1) is 0 Å². The second-order valence-corrected chi connectivity index (χ2v) is 2.17. The Hall–Kier alpha value is -1.58. The summed E-state index contributed by atoms with van der Waals surface area (Å²) in [4.78, 5) is 7.70. The maximum atomic E-state index is 5.68. The molecule has 0 aromatic carbocycles. The maximum Gasteiger partial charge on any atom is 0.160 e. The standard InChI is InChI=1S/C7H11N5/c1-9-5-6(8)11-3-4-12-7(5)10-2/h3,6,10-11H,1,8H2,2H3. The molecule has 0 aliphatic carbocycles.